The van der Waals surface area contributed by atoms with E-state index in [0.29, 0.717) is 42.6 Å². The normalized spacial score (nSPS) is 14.5. The van der Waals surface area contributed by atoms with Gasteiger partial charge in [0, 0.05) is 49.6 Å². The SMILES string of the molecule is O=C(c1csc(-c2cnccn2)n1)N1CCN(c2ccc(F)cc2)CC1. The smallest absolute Gasteiger partial charge is 0.273 e. The molecular weight excluding hydrogens is 353 g/mol. The van der Waals surface area contributed by atoms with Crippen molar-refractivity contribution in [2.24, 2.45) is 0 Å². The summed E-state index contributed by atoms with van der Waals surface area (Å²) in [5.74, 6) is -0.319. The number of halogens is 1. The van der Waals surface area contributed by atoms with Crippen LogP contribution in [-0.2, 0) is 0 Å². The van der Waals surface area contributed by atoms with Crippen molar-refractivity contribution in [2.75, 3.05) is 31.1 Å². The highest BCUT2D eigenvalue weighted by Crippen LogP contribution is 2.22. The molecule has 0 N–H and O–H groups in total. The minimum atomic E-state index is -0.245. The molecule has 1 saturated heterocycles. The van der Waals surface area contributed by atoms with Crippen molar-refractivity contribution in [1.29, 1.82) is 0 Å². The van der Waals surface area contributed by atoms with Crippen LogP contribution in [-0.4, -0.2) is 51.9 Å². The van der Waals surface area contributed by atoms with Gasteiger partial charge in [-0.15, -0.1) is 11.3 Å². The monoisotopic (exact) mass is 369 g/mol. The fourth-order valence-corrected chi connectivity index (χ4v) is 3.63. The Hall–Kier alpha value is -2.87. The highest BCUT2D eigenvalue weighted by atomic mass is 32.1. The quantitative estimate of drug-likeness (QED) is 0.710. The highest BCUT2D eigenvalue weighted by molar-refractivity contribution is 7.13. The van der Waals surface area contributed by atoms with Crippen molar-refractivity contribution in [3.63, 3.8) is 0 Å². The molecule has 26 heavy (non-hydrogen) atoms. The van der Waals surface area contributed by atoms with Crippen LogP contribution < -0.4 is 4.90 Å². The number of carbonyl (C=O) groups excluding carboxylic acids is 1. The Morgan fingerprint density at radius 1 is 1.08 bits per heavy atom. The van der Waals surface area contributed by atoms with Gasteiger partial charge >= 0.3 is 0 Å². The fraction of sp³-hybridized carbons (Fsp3) is 0.222. The van der Waals surface area contributed by atoms with Crippen LogP contribution in [0.3, 0.4) is 0 Å². The van der Waals surface area contributed by atoms with Crippen LogP contribution in [0.15, 0.2) is 48.2 Å². The summed E-state index contributed by atoms with van der Waals surface area (Å²) < 4.78 is 13.0. The largest absolute Gasteiger partial charge is 0.368 e. The molecule has 0 unspecified atom stereocenters. The van der Waals surface area contributed by atoms with Crippen LogP contribution in [0.1, 0.15) is 10.5 Å². The van der Waals surface area contributed by atoms with Gasteiger partial charge in [-0.3, -0.25) is 14.8 Å². The van der Waals surface area contributed by atoms with Gasteiger partial charge in [-0.25, -0.2) is 9.37 Å². The zero-order valence-corrected chi connectivity index (χ0v) is 14.7. The average Bonchev–Trinajstić information content (AvgIpc) is 3.19. The molecule has 1 aliphatic rings. The topological polar surface area (TPSA) is 62.2 Å². The molecule has 0 bridgehead atoms. The maximum absolute atomic E-state index is 13.0. The van der Waals surface area contributed by atoms with Gasteiger partial charge in [0.1, 0.15) is 22.2 Å². The lowest BCUT2D eigenvalue weighted by molar-refractivity contribution is 0.0742. The van der Waals surface area contributed by atoms with Crippen molar-refractivity contribution in [1.82, 2.24) is 19.9 Å². The number of aromatic nitrogens is 3. The fourth-order valence-electron chi connectivity index (χ4n) is 2.88. The van der Waals surface area contributed by atoms with E-state index in [1.807, 2.05) is 0 Å². The Kier molecular flexibility index (Phi) is 4.57. The van der Waals surface area contributed by atoms with E-state index in [2.05, 4.69) is 19.9 Å². The van der Waals surface area contributed by atoms with Crippen LogP contribution in [0.4, 0.5) is 10.1 Å². The summed E-state index contributed by atoms with van der Waals surface area (Å²) in [7, 11) is 0. The summed E-state index contributed by atoms with van der Waals surface area (Å²) in [5, 5.41) is 2.45. The van der Waals surface area contributed by atoms with Crippen LogP contribution in [0, 0.1) is 5.82 Å². The molecular formula is C18H16FN5OS. The number of nitrogens with zero attached hydrogens (tertiary/aromatic N) is 5. The zero-order valence-electron chi connectivity index (χ0n) is 13.9. The maximum Gasteiger partial charge on any atom is 0.273 e. The van der Waals surface area contributed by atoms with Gasteiger partial charge in [-0.1, -0.05) is 0 Å². The Morgan fingerprint density at radius 3 is 2.54 bits per heavy atom. The van der Waals surface area contributed by atoms with Crippen molar-refractivity contribution < 1.29 is 9.18 Å². The molecule has 4 rings (SSSR count). The van der Waals surface area contributed by atoms with Crippen molar-refractivity contribution in [3.05, 3.63) is 59.7 Å². The van der Waals surface area contributed by atoms with Gasteiger partial charge < -0.3 is 9.80 Å². The second kappa shape index (κ2) is 7.17. The first-order chi connectivity index (χ1) is 12.7. The number of carbonyl (C=O) groups is 1. The predicted octanol–water partition coefficient (Wildman–Crippen LogP) is 2.70. The Balaban J connectivity index is 1.41. The lowest BCUT2D eigenvalue weighted by atomic mass is 10.2. The van der Waals surface area contributed by atoms with E-state index >= 15 is 0 Å². The maximum atomic E-state index is 13.0. The van der Waals surface area contributed by atoms with Gasteiger partial charge in [0.05, 0.1) is 6.20 Å². The van der Waals surface area contributed by atoms with E-state index in [9.17, 15) is 9.18 Å². The number of anilines is 1. The molecule has 132 valence electrons. The average molecular weight is 369 g/mol. The van der Waals surface area contributed by atoms with E-state index in [4.69, 9.17) is 0 Å². The highest BCUT2D eigenvalue weighted by Gasteiger charge is 2.24. The summed E-state index contributed by atoms with van der Waals surface area (Å²) in [6, 6.07) is 6.44. The van der Waals surface area contributed by atoms with Crippen molar-refractivity contribution in [3.8, 4) is 10.7 Å². The molecule has 1 amide bonds. The summed E-state index contributed by atoms with van der Waals surface area (Å²) >= 11 is 1.39. The Morgan fingerprint density at radius 2 is 1.85 bits per heavy atom. The number of rotatable bonds is 3. The minimum absolute atomic E-state index is 0.0739. The Labute approximate surface area is 154 Å². The zero-order chi connectivity index (χ0) is 17.9. The van der Waals surface area contributed by atoms with E-state index in [-0.39, 0.29) is 11.7 Å². The Bertz CT molecular complexity index is 891. The minimum Gasteiger partial charge on any atom is -0.368 e. The first-order valence-corrected chi connectivity index (χ1v) is 9.10. The number of benzene rings is 1. The molecule has 0 radical (unpaired) electrons. The summed E-state index contributed by atoms with van der Waals surface area (Å²) in [4.78, 5) is 29.3. The van der Waals surface area contributed by atoms with Crippen LogP contribution in [0.5, 0.6) is 0 Å². The molecule has 3 heterocycles. The molecule has 1 fully saturated rings. The third-order valence-corrected chi connectivity index (χ3v) is 5.13. The molecule has 6 nitrogen and oxygen atoms in total. The van der Waals surface area contributed by atoms with Crippen molar-refractivity contribution >= 4 is 22.9 Å². The van der Waals surface area contributed by atoms with Gasteiger partial charge in [0.25, 0.3) is 5.91 Å². The van der Waals surface area contributed by atoms with Gasteiger partial charge in [-0.2, -0.15) is 0 Å². The molecule has 0 spiro atoms. The lowest BCUT2D eigenvalue weighted by Crippen LogP contribution is -2.48. The second-order valence-corrected chi connectivity index (χ2v) is 6.74. The van der Waals surface area contributed by atoms with E-state index in [0.717, 1.165) is 5.69 Å². The number of piperazine rings is 1. The molecule has 0 atom stereocenters. The van der Waals surface area contributed by atoms with E-state index in [1.165, 1.54) is 23.5 Å². The number of hydrogen-bond acceptors (Lipinski definition) is 6. The van der Waals surface area contributed by atoms with Crippen molar-refractivity contribution in [2.45, 2.75) is 0 Å². The number of amides is 1. The predicted molar refractivity (Wildman–Crippen MR) is 97.7 cm³/mol. The molecule has 2 aromatic heterocycles. The van der Waals surface area contributed by atoms with Gasteiger partial charge in [-0.05, 0) is 24.3 Å². The summed E-state index contributed by atoms with van der Waals surface area (Å²) in [6.07, 6.45) is 4.84. The molecule has 1 aliphatic heterocycles. The molecule has 8 heteroatoms. The molecule has 3 aromatic rings. The summed E-state index contributed by atoms with van der Waals surface area (Å²) in [6.45, 7) is 2.62. The number of hydrogen-bond donors (Lipinski definition) is 0. The second-order valence-electron chi connectivity index (χ2n) is 5.88. The first kappa shape index (κ1) is 16.6. The van der Waals surface area contributed by atoms with E-state index in [1.54, 1.807) is 41.0 Å². The van der Waals surface area contributed by atoms with Crippen LogP contribution in [0.25, 0.3) is 10.7 Å². The molecule has 0 aliphatic carbocycles. The standard InChI is InChI=1S/C18H16FN5OS/c19-13-1-3-14(4-2-13)23-7-9-24(10-8-23)18(25)16-12-26-17(22-16)15-11-20-5-6-21-15/h1-6,11-12H,7-10H2. The third-order valence-electron chi connectivity index (χ3n) is 4.26. The lowest BCUT2D eigenvalue weighted by Gasteiger charge is -2.35. The van der Waals surface area contributed by atoms with Crippen LogP contribution in [0.2, 0.25) is 0 Å². The first-order valence-electron chi connectivity index (χ1n) is 8.22. The summed E-state index contributed by atoms with van der Waals surface area (Å²) in [5.41, 5.74) is 2.07. The van der Waals surface area contributed by atoms with Crippen LogP contribution >= 0.6 is 11.3 Å². The molecule has 0 saturated carbocycles. The van der Waals surface area contributed by atoms with Gasteiger partial charge in [0.15, 0.2) is 0 Å². The van der Waals surface area contributed by atoms with Gasteiger partial charge in [0.2, 0.25) is 0 Å². The molecule has 1 aromatic carbocycles. The number of thiazole rings is 1. The third kappa shape index (κ3) is 3.41. The van der Waals surface area contributed by atoms with E-state index < -0.39 is 0 Å².